The summed E-state index contributed by atoms with van der Waals surface area (Å²) in [5.74, 6) is -0.0726. The zero-order valence-electron chi connectivity index (χ0n) is 12.0. The van der Waals surface area contributed by atoms with Crippen molar-refractivity contribution < 1.29 is 14.1 Å². The van der Waals surface area contributed by atoms with Crippen LogP contribution < -0.4 is 5.73 Å². The second-order valence-corrected chi connectivity index (χ2v) is 6.77. The van der Waals surface area contributed by atoms with E-state index in [1.165, 1.54) is 4.90 Å². The van der Waals surface area contributed by atoms with Crippen LogP contribution in [0.5, 0.6) is 0 Å². The maximum atomic E-state index is 12.2. The van der Waals surface area contributed by atoms with Crippen molar-refractivity contribution in [2.75, 3.05) is 0 Å². The standard InChI is InChI=1S/C13H18N4O3/c1-12(2)7-8(12)10(19)17(9(7)18)5-6-15-11(16-20-6)13(3,4)14/h7-8H,5,14H2,1-4H3. The van der Waals surface area contributed by atoms with Gasteiger partial charge >= 0.3 is 0 Å². The summed E-state index contributed by atoms with van der Waals surface area (Å²) in [6.07, 6.45) is 0. The fourth-order valence-corrected chi connectivity index (χ4v) is 2.88. The van der Waals surface area contributed by atoms with Crippen LogP contribution in [0, 0.1) is 17.3 Å². The number of rotatable bonds is 3. The maximum Gasteiger partial charge on any atom is 0.246 e. The Labute approximate surface area is 116 Å². The van der Waals surface area contributed by atoms with Crippen molar-refractivity contribution in [3.8, 4) is 0 Å². The monoisotopic (exact) mass is 278 g/mol. The van der Waals surface area contributed by atoms with E-state index in [1.807, 2.05) is 13.8 Å². The predicted octanol–water partition coefficient (Wildman–Crippen LogP) is 0.404. The quantitative estimate of drug-likeness (QED) is 0.803. The first-order chi connectivity index (χ1) is 9.14. The van der Waals surface area contributed by atoms with Gasteiger partial charge in [-0.05, 0) is 19.3 Å². The number of nitrogens with two attached hydrogens (primary N) is 1. The number of piperidine rings is 1. The molecule has 0 radical (unpaired) electrons. The Hall–Kier alpha value is -1.76. The first-order valence-corrected chi connectivity index (χ1v) is 6.61. The summed E-state index contributed by atoms with van der Waals surface area (Å²) in [6.45, 7) is 7.43. The fourth-order valence-electron chi connectivity index (χ4n) is 2.88. The lowest BCUT2D eigenvalue weighted by atomic mass is 10.1. The Morgan fingerprint density at radius 2 is 1.85 bits per heavy atom. The molecular formula is C13H18N4O3. The molecule has 3 rings (SSSR count). The van der Waals surface area contributed by atoms with Gasteiger partial charge in [-0.2, -0.15) is 4.98 Å². The largest absolute Gasteiger partial charge is 0.337 e. The molecule has 7 heteroatoms. The molecule has 2 atom stereocenters. The minimum Gasteiger partial charge on any atom is -0.337 e. The van der Waals surface area contributed by atoms with Crippen molar-refractivity contribution in [3.63, 3.8) is 0 Å². The number of imide groups is 1. The van der Waals surface area contributed by atoms with Gasteiger partial charge in [0.05, 0.1) is 17.4 Å². The van der Waals surface area contributed by atoms with Gasteiger partial charge in [0, 0.05) is 0 Å². The van der Waals surface area contributed by atoms with Crippen molar-refractivity contribution in [2.24, 2.45) is 23.0 Å². The predicted molar refractivity (Wildman–Crippen MR) is 67.8 cm³/mol. The number of amides is 2. The summed E-state index contributed by atoms with van der Waals surface area (Å²) in [5.41, 5.74) is 4.94. The van der Waals surface area contributed by atoms with Gasteiger partial charge in [0.15, 0.2) is 5.82 Å². The van der Waals surface area contributed by atoms with E-state index in [9.17, 15) is 9.59 Å². The zero-order chi connectivity index (χ0) is 14.9. The molecule has 2 heterocycles. The van der Waals surface area contributed by atoms with Gasteiger partial charge in [-0.1, -0.05) is 19.0 Å². The third-order valence-corrected chi connectivity index (χ3v) is 4.23. The molecule has 7 nitrogen and oxygen atoms in total. The van der Waals surface area contributed by atoms with E-state index < -0.39 is 5.54 Å². The Bertz CT molecular complexity index is 575. The van der Waals surface area contributed by atoms with Crippen LogP contribution in [0.1, 0.15) is 39.4 Å². The van der Waals surface area contributed by atoms with Crippen LogP contribution in [-0.4, -0.2) is 26.9 Å². The normalized spacial score (nSPS) is 27.9. The van der Waals surface area contributed by atoms with Gasteiger partial charge in [0.1, 0.15) is 6.54 Å². The number of nitrogens with zero attached hydrogens (tertiary/aromatic N) is 3. The molecular weight excluding hydrogens is 260 g/mol. The number of carbonyl (C=O) groups is 2. The minimum atomic E-state index is -0.717. The third kappa shape index (κ3) is 1.69. The van der Waals surface area contributed by atoms with Crippen molar-refractivity contribution in [2.45, 2.75) is 39.8 Å². The number of carbonyl (C=O) groups excluding carboxylic acids is 2. The molecule has 0 bridgehead atoms. The molecule has 1 aliphatic heterocycles. The summed E-state index contributed by atoms with van der Waals surface area (Å²) in [6, 6.07) is 0. The molecule has 108 valence electrons. The van der Waals surface area contributed by atoms with E-state index in [0.29, 0.717) is 5.82 Å². The highest BCUT2D eigenvalue weighted by atomic mass is 16.5. The van der Waals surface area contributed by atoms with Crippen LogP contribution in [0.3, 0.4) is 0 Å². The van der Waals surface area contributed by atoms with E-state index in [-0.39, 0.29) is 41.5 Å². The Balaban J connectivity index is 1.76. The molecule has 2 N–H and O–H groups in total. The highest BCUT2D eigenvalue weighted by molar-refractivity contribution is 6.10. The first-order valence-electron chi connectivity index (χ1n) is 6.61. The molecule has 1 aliphatic carbocycles. The van der Waals surface area contributed by atoms with Gasteiger partial charge in [0.25, 0.3) is 0 Å². The van der Waals surface area contributed by atoms with Gasteiger partial charge in [-0.15, -0.1) is 0 Å². The smallest absolute Gasteiger partial charge is 0.246 e. The molecule has 1 aromatic heterocycles. The molecule has 1 saturated carbocycles. The number of hydrogen-bond acceptors (Lipinski definition) is 6. The second-order valence-electron chi connectivity index (χ2n) is 6.77. The minimum absolute atomic E-state index is 0.0316. The van der Waals surface area contributed by atoms with Crippen LogP contribution in [0.15, 0.2) is 4.52 Å². The Morgan fingerprint density at radius 1 is 1.30 bits per heavy atom. The van der Waals surface area contributed by atoms with Crippen molar-refractivity contribution in [1.82, 2.24) is 15.0 Å². The van der Waals surface area contributed by atoms with Gasteiger partial charge in [-0.3, -0.25) is 14.5 Å². The molecule has 1 aromatic rings. The van der Waals surface area contributed by atoms with E-state index in [1.54, 1.807) is 13.8 Å². The Kier molecular flexibility index (Phi) is 2.42. The molecule has 0 aromatic carbocycles. The van der Waals surface area contributed by atoms with E-state index in [0.717, 1.165) is 0 Å². The maximum absolute atomic E-state index is 12.2. The van der Waals surface area contributed by atoms with Crippen LogP contribution in [-0.2, 0) is 21.7 Å². The van der Waals surface area contributed by atoms with Crippen molar-refractivity contribution in [1.29, 1.82) is 0 Å². The molecule has 2 aliphatic rings. The van der Waals surface area contributed by atoms with Crippen LogP contribution in [0.4, 0.5) is 0 Å². The van der Waals surface area contributed by atoms with Crippen molar-refractivity contribution >= 4 is 11.8 Å². The second kappa shape index (κ2) is 3.66. The van der Waals surface area contributed by atoms with Crippen LogP contribution in [0.25, 0.3) is 0 Å². The summed E-state index contributed by atoms with van der Waals surface area (Å²) in [5, 5.41) is 3.78. The van der Waals surface area contributed by atoms with E-state index in [2.05, 4.69) is 10.1 Å². The fraction of sp³-hybridized carbons (Fsp3) is 0.692. The number of fused-ring (bicyclic) bond motifs is 1. The zero-order valence-corrected chi connectivity index (χ0v) is 12.0. The summed E-state index contributed by atoms with van der Waals surface area (Å²) >= 11 is 0. The highest BCUT2D eigenvalue weighted by Gasteiger charge is 2.72. The molecule has 1 saturated heterocycles. The summed E-state index contributed by atoms with van der Waals surface area (Å²) in [4.78, 5) is 29.7. The number of likely N-dealkylation sites (tertiary alicyclic amines) is 1. The Morgan fingerprint density at radius 3 is 2.30 bits per heavy atom. The average molecular weight is 278 g/mol. The lowest BCUT2D eigenvalue weighted by Gasteiger charge is -2.18. The lowest BCUT2D eigenvalue weighted by Crippen LogP contribution is -2.36. The van der Waals surface area contributed by atoms with Crippen molar-refractivity contribution in [3.05, 3.63) is 11.7 Å². The van der Waals surface area contributed by atoms with Crippen LogP contribution in [0.2, 0.25) is 0 Å². The van der Waals surface area contributed by atoms with E-state index in [4.69, 9.17) is 10.3 Å². The third-order valence-electron chi connectivity index (χ3n) is 4.23. The van der Waals surface area contributed by atoms with E-state index >= 15 is 0 Å². The highest BCUT2D eigenvalue weighted by Crippen LogP contribution is 2.63. The molecule has 2 amide bonds. The van der Waals surface area contributed by atoms with Gasteiger partial charge < -0.3 is 10.3 Å². The number of hydrogen-bond donors (Lipinski definition) is 1. The summed E-state index contributed by atoms with van der Waals surface area (Å²) in [7, 11) is 0. The topological polar surface area (TPSA) is 102 Å². The molecule has 0 spiro atoms. The van der Waals surface area contributed by atoms with Gasteiger partial charge in [-0.25, -0.2) is 0 Å². The number of aromatic nitrogens is 2. The average Bonchev–Trinajstić information content (AvgIpc) is 2.66. The van der Waals surface area contributed by atoms with Crippen LogP contribution >= 0.6 is 0 Å². The first kappa shape index (κ1) is 13.2. The SMILES string of the molecule is CC(C)(N)c1noc(CN2C(=O)C3C(C2=O)C3(C)C)n1. The molecule has 2 unspecified atom stereocenters. The van der Waals surface area contributed by atoms with Gasteiger partial charge in [0.2, 0.25) is 17.7 Å². The molecule has 2 fully saturated rings. The lowest BCUT2D eigenvalue weighted by molar-refractivity contribution is -0.144. The molecule has 20 heavy (non-hydrogen) atoms. The summed E-state index contributed by atoms with van der Waals surface area (Å²) < 4.78 is 5.06.